The molecule has 8 heteroatoms. The number of benzene rings is 1. The van der Waals surface area contributed by atoms with Gasteiger partial charge in [0.15, 0.2) is 16.4 Å². The second-order valence-corrected chi connectivity index (χ2v) is 9.79. The van der Waals surface area contributed by atoms with Gasteiger partial charge in [-0.3, -0.25) is 4.79 Å². The molecule has 2 fully saturated rings. The molecule has 3 rings (SSSR count). The molecule has 1 aliphatic carbocycles. The van der Waals surface area contributed by atoms with Crippen LogP contribution >= 0.6 is 0 Å². The highest BCUT2D eigenvalue weighted by atomic mass is 32.2. The number of hydrogen-bond acceptors (Lipinski definition) is 6. The van der Waals surface area contributed by atoms with E-state index in [4.69, 9.17) is 9.47 Å². The molecule has 2 aliphatic rings. The van der Waals surface area contributed by atoms with Crippen molar-refractivity contribution in [2.24, 2.45) is 0 Å². The number of aryl methyl sites for hydroxylation is 1. The van der Waals surface area contributed by atoms with Crippen molar-refractivity contribution in [2.45, 2.75) is 51.1 Å². The molecule has 28 heavy (non-hydrogen) atoms. The zero-order chi connectivity index (χ0) is 20.3. The quantitative estimate of drug-likeness (QED) is 0.669. The highest BCUT2D eigenvalue weighted by molar-refractivity contribution is 7.91. The summed E-state index contributed by atoms with van der Waals surface area (Å²) >= 11 is 0. The third-order valence-electron chi connectivity index (χ3n) is 5.58. The minimum absolute atomic E-state index is 0.00164. The van der Waals surface area contributed by atoms with Gasteiger partial charge in [-0.25, -0.2) is 13.2 Å². The number of ether oxygens (including phenoxy) is 2. The smallest absolute Gasteiger partial charge is 0.338 e. The number of carbonyl (C=O) groups is 2. The summed E-state index contributed by atoms with van der Waals surface area (Å²) in [7, 11) is -1.58. The number of sulfone groups is 1. The van der Waals surface area contributed by atoms with Gasteiger partial charge in [0.1, 0.15) is 5.75 Å². The lowest BCUT2D eigenvalue weighted by Crippen LogP contribution is -2.48. The molecular weight excluding hydrogens is 382 g/mol. The van der Waals surface area contributed by atoms with Crippen LogP contribution in [0, 0.1) is 6.92 Å². The van der Waals surface area contributed by atoms with E-state index in [1.165, 1.54) is 7.11 Å². The molecule has 0 radical (unpaired) electrons. The molecule has 0 spiro atoms. The number of methoxy groups -OCH3 is 1. The Morgan fingerprint density at radius 1 is 1.14 bits per heavy atom. The van der Waals surface area contributed by atoms with Crippen LogP contribution in [0.15, 0.2) is 18.2 Å². The summed E-state index contributed by atoms with van der Waals surface area (Å²) in [4.78, 5) is 26.9. The van der Waals surface area contributed by atoms with Gasteiger partial charge >= 0.3 is 5.97 Å². The van der Waals surface area contributed by atoms with Crippen molar-refractivity contribution >= 4 is 21.7 Å². The molecular formula is C20H27NO6S. The Labute approximate surface area is 165 Å². The van der Waals surface area contributed by atoms with Gasteiger partial charge < -0.3 is 14.4 Å². The predicted octanol–water partition coefficient (Wildman–Crippen LogP) is 2.12. The molecule has 0 aromatic heterocycles. The van der Waals surface area contributed by atoms with E-state index in [9.17, 15) is 18.0 Å². The van der Waals surface area contributed by atoms with Crippen LogP contribution in [0.25, 0.3) is 0 Å². The lowest BCUT2D eigenvalue weighted by Gasteiger charge is -2.33. The van der Waals surface area contributed by atoms with E-state index in [0.717, 1.165) is 31.2 Å². The summed E-state index contributed by atoms with van der Waals surface area (Å²) in [5, 5.41) is 0. The molecule has 0 bridgehead atoms. The zero-order valence-electron chi connectivity index (χ0n) is 16.3. The largest absolute Gasteiger partial charge is 0.496 e. The SMILES string of the molecule is COc1cc(C(=O)OCC(=O)N(C2CCCC2)[C@@H]2CCS(=O)(=O)C2)ccc1C. The third-order valence-corrected chi connectivity index (χ3v) is 7.33. The van der Waals surface area contributed by atoms with Crippen molar-refractivity contribution in [1.29, 1.82) is 0 Å². The Kier molecular flexibility index (Phi) is 6.27. The van der Waals surface area contributed by atoms with Gasteiger partial charge in [0.25, 0.3) is 5.91 Å². The van der Waals surface area contributed by atoms with Crippen molar-refractivity contribution in [3.63, 3.8) is 0 Å². The highest BCUT2D eigenvalue weighted by Crippen LogP contribution is 2.29. The summed E-state index contributed by atoms with van der Waals surface area (Å²) < 4.78 is 34.2. The van der Waals surface area contributed by atoms with E-state index in [-0.39, 0.29) is 36.1 Å². The van der Waals surface area contributed by atoms with Crippen molar-refractivity contribution in [3.8, 4) is 5.75 Å². The molecule has 0 N–H and O–H groups in total. The predicted molar refractivity (Wildman–Crippen MR) is 104 cm³/mol. The minimum atomic E-state index is -3.11. The van der Waals surface area contributed by atoms with E-state index >= 15 is 0 Å². The number of nitrogens with zero attached hydrogens (tertiary/aromatic N) is 1. The van der Waals surface area contributed by atoms with E-state index in [1.54, 1.807) is 23.1 Å². The normalized spacial score (nSPS) is 21.4. The van der Waals surface area contributed by atoms with Gasteiger partial charge in [-0.15, -0.1) is 0 Å². The number of rotatable bonds is 6. The van der Waals surface area contributed by atoms with Gasteiger partial charge in [-0.2, -0.15) is 0 Å². The molecule has 154 valence electrons. The number of amides is 1. The monoisotopic (exact) mass is 409 g/mol. The number of esters is 1. The van der Waals surface area contributed by atoms with Crippen LogP contribution in [0.5, 0.6) is 5.75 Å². The van der Waals surface area contributed by atoms with Gasteiger partial charge in [0.2, 0.25) is 0 Å². The second-order valence-electron chi connectivity index (χ2n) is 7.56. The fourth-order valence-electron chi connectivity index (χ4n) is 4.11. The molecule has 1 saturated carbocycles. The van der Waals surface area contributed by atoms with Crippen molar-refractivity contribution in [2.75, 3.05) is 25.2 Å². The maximum atomic E-state index is 12.9. The van der Waals surface area contributed by atoms with Gasteiger partial charge in [-0.05, 0) is 43.9 Å². The first-order chi connectivity index (χ1) is 13.3. The summed E-state index contributed by atoms with van der Waals surface area (Å²) in [6, 6.07) is 4.68. The van der Waals surface area contributed by atoms with Gasteiger partial charge in [0.05, 0.1) is 24.2 Å². The average Bonchev–Trinajstić information content (AvgIpc) is 3.30. The average molecular weight is 410 g/mol. The van der Waals surface area contributed by atoms with E-state index < -0.39 is 15.8 Å². The minimum Gasteiger partial charge on any atom is -0.496 e. The van der Waals surface area contributed by atoms with Gasteiger partial charge in [0, 0.05) is 12.1 Å². The first-order valence-corrected chi connectivity index (χ1v) is 11.5. The summed E-state index contributed by atoms with van der Waals surface area (Å²) in [6.45, 7) is 1.48. The Hall–Kier alpha value is -2.09. The van der Waals surface area contributed by atoms with Crippen molar-refractivity contribution in [3.05, 3.63) is 29.3 Å². The fraction of sp³-hybridized carbons (Fsp3) is 0.600. The first kappa shape index (κ1) is 20.6. The molecule has 1 amide bonds. The van der Waals surface area contributed by atoms with Crippen LogP contribution in [0.2, 0.25) is 0 Å². The molecule has 1 saturated heterocycles. The summed E-state index contributed by atoms with van der Waals surface area (Å²) in [6.07, 6.45) is 4.23. The summed E-state index contributed by atoms with van der Waals surface area (Å²) in [5.41, 5.74) is 1.20. The second kappa shape index (κ2) is 8.51. The first-order valence-electron chi connectivity index (χ1n) is 9.64. The van der Waals surface area contributed by atoms with Crippen LogP contribution < -0.4 is 4.74 Å². The molecule has 1 heterocycles. The summed E-state index contributed by atoms with van der Waals surface area (Å²) in [5.74, 6) is -0.238. The number of carbonyl (C=O) groups excluding carboxylic acids is 2. The lowest BCUT2D eigenvalue weighted by molar-refractivity contribution is -0.139. The lowest BCUT2D eigenvalue weighted by atomic mass is 10.1. The Morgan fingerprint density at radius 2 is 1.86 bits per heavy atom. The third kappa shape index (κ3) is 4.66. The van der Waals surface area contributed by atoms with Gasteiger partial charge in [-0.1, -0.05) is 18.9 Å². The van der Waals surface area contributed by atoms with Crippen LogP contribution in [-0.2, 0) is 19.4 Å². The molecule has 7 nitrogen and oxygen atoms in total. The van der Waals surface area contributed by atoms with Crippen LogP contribution in [-0.4, -0.2) is 62.5 Å². The maximum absolute atomic E-state index is 12.9. The van der Waals surface area contributed by atoms with Crippen molar-refractivity contribution in [1.82, 2.24) is 4.90 Å². The Morgan fingerprint density at radius 3 is 2.46 bits per heavy atom. The standard InChI is InChI=1S/C20H27NO6S/c1-14-7-8-15(11-18(14)26-2)20(23)27-12-19(22)21(16-5-3-4-6-16)17-9-10-28(24,25)13-17/h7-8,11,16-17H,3-6,9-10,12-13H2,1-2H3/t17-/m1/s1. The molecule has 1 atom stereocenters. The molecule has 1 aromatic rings. The molecule has 0 unspecified atom stereocenters. The van der Waals surface area contributed by atoms with E-state index in [0.29, 0.717) is 17.7 Å². The fourth-order valence-corrected chi connectivity index (χ4v) is 5.83. The number of hydrogen-bond donors (Lipinski definition) is 0. The Bertz CT molecular complexity index is 844. The van der Waals surface area contributed by atoms with Crippen LogP contribution in [0.3, 0.4) is 0 Å². The van der Waals surface area contributed by atoms with Crippen LogP contribution in [0.4, 0.5) is 0 Å². The topological polar surface area (TPSA) is 90.0 Å². The van der Waals surface area contributed by atoms with E-state index in [1.807, 2.05) is 6.92 Å². The van der Waals surface area contributed by atoms with E-state index in [2.05, 4.69) is 0 Å². The maximum Gasteiger partial charge on any atom is 0.338 e. The zero-order valence-corrected chi connectivity index (χ0v) is 17.2. The molecule has 1 aliphatic heterocycles. The van der Waals surface area contributed by atoms with Crippen molar-refractivity contribution < 1.29 is 27.5 Å². The van der Waals surface area contributed by atoms with Crippen LogP contribution in [0.1, 0.15) is 48.0 Å². The highest BCUT2D eigenvalue weighted by Gasteiger charge is 2.39. The Balaban J connectivity index is 1.67. The molecule has 1 aromatic carbocycles.